The van der Waals surface area contributed by atoms with Crippen molar-refractivity contribution in [3.8, 4) is 0 Å². The fourth-order valence-corrected chi connectivity index (χ4v) is 2.61. The molecule has 0 aromatic rings. The number of nitrogens with zero attached hydrogens (tertiary/aromatic N) is 1. The number of hydrogen-bond acceptors (Lipinski definition) is 4. The molecule has 1 saturated heterocycles. The van der Waals surface area contributed by atoms with Gasteiger partial charge in [0.05, 0.1) is 12.5 Å². The Hall–Kier alpha value is -1.10. The summed E-state index contributed by atoms with van der Waals surface area (Å²) in [5, 5.41) is 0. The standard InChI is InChI=1S/C15H28N2O3/c1-3-20-15(19)13-5-4-10-17(11-13)14(18)7-6-12(2)8-9-16/h12-13H,3-11,16H2,1-2H3. The average molecular weight is 284 g/mol. The van der Waals surface area contributed by atoms with Gasteiger partial charge in [-0.1, -0.05) is 6.92 Å². The molecule has 1 amide bonds. The molecule has 2 unspecified atom stereocenters. The van der Waals surface area contributed by atoms with Gasteiger partial charge in [-0.05, 0) is 45.1 Å². The van der Waals surface area contributed by atoms with Crippen LogP contribution >= 0.6 is 0 Å². The van der Waals surface area contributed by atoms with Crippen LogP contribution in [0.25, 0.3) is 0 Å². The number of carbonyl (C=O) groups is 2. The van der Waals surface area contributed by atoms with Crippen LogP contribution in [0.2, 0.25) is 0 Å². The van der Waals surface area contributed by atoms with Gasteiger partial charge in [0.2, 0.25) is 5.91 Å². The van der Waals surface area contributed by atoms with Gasteiger partial charge in [0, 0.05) is 19.5 Å². The summed E-state index contributed by atoms with van der Waals surface area (Å²) in [7, 11) is 0. The molecule has 0 aromatic carbocycles. The van der Waals surface area contributed by atoms with Gasteiger partial charge in [-0.15, -0.1) is 0 Å². The van der Waals surface area contributed by atoms with E-state index in [1.54, 1.807) is 0 Å². The summed E-state index contributed by atoms with van der Waals surface area (Å²) in [6, 6.07) is 0. The minimum absolute atomic E-state index is 0.144. The zero-order valence-electron chi connectivity index (χ0n) is 12.8. The number of likely N-dealkylation sites (tertiary alicyclic amines) is 1. The van der Waals surface area contributed by atoms with Crippen LogP contribution < -0.4 is 5.73 Å². The summed E-state index contributed by atoms with van der Waals surface area (Å²) in [6.45, 7) is 6.28. The van der Waals surface area contributed by atoms with E-state index in [1.165, 1.54) is 0 Å². The molecule has 116 valence electrons. The second-order valence-corrected chi connectivity index (χ2v) is 5.65. The SMILES string of the molecule is CCOC(=O)C1CCCN(C(=O)CCC(C)CCN)C1. The summed E-state index contributed by atoms with van der Waals surface area (Å²) in [6.07, 6.45) is 4.09. The van der Waals surface area contributed by atoms with Crippen molar-refractivity contribution in [3.63, 3.8) is 0 Å². The monoisotopic (exact) mass is 284 g/mol. The van der Waals surface area contributed by atoms with Crippen molar-refractivity contribution in [2.24, 2.45) is 17.6 Å². The zero-order chi connectivity index (χ0) is 15.0. The van der Waals surface area contributed by atoms with E-state index >= 15 is 0 Å². The third kappa shape index (κ3) is 5.49. The van der Waals surface area contributed by atoms with E-state index in [9.17, 15) is 9.59 Å². The summed E-state index contributed by atoms with van der Waals surface area (Å²) < 4.78 is 5.05. The number of rotatable bonds is 7. The minimum atomic E-state index is -0.165. The van der Waals surface area contributed by atoms with E-state index in [2.05, 4.69) is 6.92 Å². The molecule has 0 aromatic heterocycles. The van der Waals surface area contributed by atoms with Crippen LogP contribution in [-0.2, 0) is 14.3 Å². The number of esters is 1. The van der Waals surface area contributed by atoms with Crippen LogP contribution in [0.5, 0.6) is 0 Å². The Morgan fingerprint density at radius 3 is 2.80 bits per heavy atom. The summed E-state index contributed by atoms with van der Waals surface area (Å²) in [5.74, 6) is 0.327. The summed E-state index contributed by atoms with van der Waals surface area (Å²) in [4.78, 5) is 25.7. The van der Waals surface area contributed by atoms with E-state index in [1.807, 2.05) is 11.8 Å². The highest BCUT2D eigenvalue weighted by Crippen LogP contribution is 2.20. The molecule has 0 saturated carbocycles. The molecule has 0 spiro atoms. The topological polar surface area (TPSA) is 72.6 Å². The van der Waals surface area contributed by atoms with Crippen LogP contribution in [0.3, 0.4) is 0 Å². The molecule has 5 nitrogen and oxygen atoms in total. The van der Waals surface area contributed by atoms with Crippen molar-refractivity contribution >= 4 is 11.9 Å². The van der Waals surface area contributed by atoms with Gasteiger partial charge in [-0.2, -0.15) is 0 Å². The van der Waals surface area contributed by atoms with Crippen LogP contribution in [0.15, 0.2) is 0 Å². The van der Waals surface area contributed by atoms with Crippen molar-refractivity contribution in [1.82, 2.24) is 4.90 Å². The van der Waals surface area contributed by atoms with Gasteiger partial charge in [0.25, 0.3) is 0 Å². The van der Waals surface area contributed by atoms with Crippen LogP contribution in [-0.4, -0.2) is 43.0 Å². The number of ether oxygens (including phenoxy) is 1. The largest absolute Gasteiger partial charge is 0.466 e. The van der Waals surface area contributed by atoms with Crippen LogP contribution in [0.4, 0.5) is 0 Å². The number of amides is 1. The van der Waals surface area contributed by atoms with Crippen molar-refractivity contribution in [3.05, 3.63) is 0 Å². The van der Waals surface area contributed by atoms with Gasteiger partial charge in [0.15, 0.2) is 0 Å². The molecule has 0 radical (unpaired) electrons. The number of hydrogen-bond donors (Lipinski definition) is 1. The molecule has 20 heavy (non-hydrogen) atoms. The first-order valence-corrected chi connectivity index (χ1v) is 7.73. The molecule has 1 rings (SSSR count). The second-order valence-electron chi connectivity index (χ2n) is 5.65. The zero-order valence-corrected chi connectivity index (χ0v) is 12.8. The Morgan fingerprint density at radius 2 is 2.15 bits per heavy atom. The maximum Gasteiger partial charge on any atom is 0.310 e. The number of piperidine rings is 1. The van der Waals surface area contributed by atoms with Crippen molar-refractivity contribution in [2.45, 2.75) is 46.0 Å². The lowest BCUT2D eigenvalue weighted by molar-refractivity contribution is -0.151. The van der Waals surface area contributed by atoms with E-state index in [-0.39, 0.29) is 17.8 Å². The average Bonchev–Trinajstić information content (AvgIpc) is 2.45. The van der Waals surface area contributed by atoms with Gasteiger partial charge in [0.1, 0.15) is 0 Å². The summed E-state index contributed by atoms with van der Waals surface area (Å²) in [5.41, 5.74) is 5.51. The first-order valence-electron chi connectivity index (χ1n) is 7.73. The molecule has 1 aliphatic rings. The molecule has 1 heterocycles. The summed E-state index contributed by atoms with van der Waals surface area (Å²) >= 11 is 0. The lowest BCUT2D eigenvalue weighted by Gasteiger charge is -2.31. The first-order chi connectivity index (χ1) is 9.58. The lowest BCUT2D eigenvalue weighted by Crippen LogP contribution is -2.42. The van der Waals surface area contributed by atoms with Gasteiger partial charge >= 0.3 is 5.97 Å². The Bertz CT molecular complexity index is 320. The van der Waals surface area contributed by atoms with Gasteiger partial charge in [-0.25, -0.2) is 0 Å². The Kier molecular flexibility index (Phi) is 7.59. The molecule has 2 N–H and O–H groups in total. The van der Waals surface area contributed by atoms with Crippen molar-refractivity contribution < 1.29 is 14.3 Å². The predicted octanol–water partition coefficient (Wildman–Crippen LogP) is 1.55. The molecule has 5 heteroatoms. The highest BCUT2D eigenvalue weighted by molar-refractivity contribution is 5.78. The first kappa shape index (κ1) is 17.0. The molecular formula is C15H28N2O3. The normalized spacial score (nSPS) is 20.6. The maximum atomic E-state index is 12.2. The van der Waals surface area contributed by atoms with Crippen LogP contribution in [0, 0.1) is 11.8 Å². The molecule has 0 aliphatic carbocycles. The van der Waals surface area contributed by atoms with Crippen molar-refractivity contribution in [1.29, 1.82) is 0 Å². The fourth-order valence-electron chi connectivity index (χ4n) is 2.61. The maximum absolute atomic E-state index is 12.2. The molecule has 0 bridgehead atoms. The van der Waals surface area contributed by atoms with E-state index in [4.69, 9.17) is 10.5 Å². The van der Waals surface area contributed by atoms with Crippen molar-refractivity contribution in [2.75, 3.05) is 26.2 Å². The quantitative estimate of drug-likeness (QED) is 0.720. The third-order valence-electron chi connectivity index (χ3n) is 3.90. The number of nitrogens with two attached hydrogens (primary N) is 1. The molecule has 1 fully saturated rings. The Labute approximate surface area is 121 Å². The Morgan fingerprint density at radius 1 is 1.40 bits per heavy atom. The predicted molar refractivity (Wildman–Crippen MR) is 78.0 cm³/mol. The highest BCUT2D eigenvalue weighted by Gasteiger charge is 2.29. The van der Waals surface area contributed by atoms with E-state index in [0.717, 1.165) is 32.2 Å². The third-order valence-corrected chi connectivity index (χ3v) is 3.90. The van der Waals surface area contributed by atoms with E-state index < -0.39 is 0 Å². The van der Waals surface area contributed by atoms with E-state index in [0.29, 0.717) is 32.0 Å². The lowest BCUT2D eigenvalue weighted by atomic mass is 9.96. The van der Waals surface area contributed by atoms with Crippen LogP contribution in [0.1, 0.15) is 46.0 Å². The van der Waals surface area contributed by atoms with Gasteiger partial charge in [-0.3, -0.25) is 9.59 Å². The fraction of sp³-hybridized carbons (Fsp3) is 0.867. The molecular weight excluding hydrogens is 256 g/mol. The molecule has 1 aliphatic heterocycles. The minimum Gasteiger partial charge on any atom is -0.466 e. The Balaban J connectivity index is 2.38. The highest BCUT2D eigenvalue weighted by atomic mass is 16.5. The smallest absolute Gasteiger partial charge is 0.310 e. The molecule has 2 atom stereocenters. The second kappa shape index (κ2) is 8.95. The van der Waals surface area contributed by atoms with Gasteiger partial charge < -0.3 is 15.4 Å². The number of carbonyl (C=O) groups excluding carboxylic acids is 2.